The quantitative estimate of drug-likeness (QED) is 0.590. The first kappa shape index (κ1) is 17.2. The van der Waals surface area contributed by atoms with Gasteiger partial charge in [0.1, 0.15) is 5.75 Å². The van der Waals surface area contributed by atoms with E-state index in [-0.39, 0.29) is 22.2 Å². The van der Waals surface area contributed by atoms with Gasteiger partial charge in [0.15, 0.2) is 0 Å². The van der Waals surface area contributed by atoms with E-state index < -0.39 is 16.7 Å². The number of ether oxygens (including phenoxy) is 1. The third-order valence-electron chi connectivity index (χ3n) is 2.36. The molecule has 1 rings (SSSR count). The Kier molecular flexibility index (Phi) is 7.29. The number of anilines is 2. The van der Waals surface area contributed by atoms with Gasteiger partial charge in [-0.1, -0.05) is 23.2 Å². The molecule has 0 spiro atoms. The third-order valence-corrected chi connectivity index (χ3v) is 4.21. The largest absolute Gasteiger partial charge is 0.397 e. The van der Waals surface area contributed by atoms with Crippen LogP contribution in [0.5, 0.6) is 0 Å². The summed E-state index contributed by atoms with van der Waals surface area (Å²) in [5, 5.41) is 3.18. The van der Waals surface area contributed by atoms with E-state index in [2.05, 4.69) is 5.32 Å². The maximum atomic E-state index is 11.8. The lowest BCUT2D eigenvalue weighted by molar-refractivity contribution is -0.113. The van der Waals surface area contributed by atoms with Crippen molar-refractivity contribution in [3.05, 3.63) is 22.2 Å². The first-order chi connectivity index (χ1) is 9.43. The Morgan fingerprint density at radius 2 is 2.15 bits per heavy atom. The lowest BCUT2D eigenvalue weighted by atomic mass is 10.2. The molecule has 0 saturated carbocycles. The third kappa shape index (κ3) is 5.66. The number of methoxy groups -OCH3 is 1. The fraction of sp³-hybridized carbons (Fsp3) is 0.417. The fourth-order valence-corrected chi connectivity index (χ4v) is 2.99. The summed E-state index contributed by atoms with van der Waals surface area (Å²) in [6, 6.07) is 2.96. The van der Waals surface area contributed by atoms with Crippen LogP contribution in [0.2, 0.25) is 10.0 Å². The van der Waals surface area contributed by atoms with Gasteiger partial charge in [0, 0.05) is 35.3 Å². The number of nitrogens with one attached hydrogen (secondary N) is 1. The molecule has 5 nitrogen and oxygen atoms in total. The monoisotopic (exact) mass is 338 g/mol. The zero-order chi connectivity index (χ0) is 15.1. The highest BCUT2D eigenvalue weighted by atomic mass is 35.5. The van der Waals surface area contributed by atoms with Crippen molar-refractivity contribution < 1.29 is 13.7 Å². The van der Waals surface area contributed by atoms with Crippen molar-refractivity contribution in [1.29, 1.82) is 0 Å². The molecular weight excluding hydrogens is 323 g/mol. The molecule has 1 amide bonds. The van der Waals surface area contributed by atoms with Crippen LogP contribution in [0.1, 0.15) is 6.42 Å². The molecule has 0 aromatic heterocycles. The van der Waals surface area contributed by atoms with Crippen LogP contribution in [0.4, 0.5) is 11.4 Å². The zero-order valence-electron chi connectivity index (χ0n) is 10.9. The zero-order valence-corrected chi connectivity index (χ0v) is 13.3. The molecule has 0 radical (unpaired) electrons. The number of benzene rings is 1. The highest BCUT2D eigenvalue weighted by Crippen LogP contribution is 2.31. The van der Waals surface area contributed by atoms with E-state index in [0.29, 0.717) is 23.8 Å². The van der Waals surface area contributed by atoms with Gasteiger partial charge in [-0.05, 0) is 18.6 Å². The molecule has 0 aliphatic rings. The first-order valence-corrected chi connectivity index (χ1v) is 8.06. The second kappa shape index (κ2) is 8.46. The maximum Gasteiger partial charge on any atom is 0.237 e. The summed E-state index contributed by atoms with van der Waals surface area (Å²) in [5.41, 5.74) is 6.28. The predicted molar refractivity (Wildman–Crippen MR) is 83.9 cm³/mol. The molecule has 0 bridgehead atoms. The lowest BCUT2D eigenvalue weighted by Crippen LogP contribution is -2.22. The van der Waals surface area contributed by atoms with E-state index in [4.69, 9.17) is 33.7 Å². The van der Waals surface area contributed by atoms with Crippen molar-refractivity contribution in [2.24, 2.45) is 0 Å². The van der Waals surface area contributed by atoms with Gasteiger partial charge < -0.3 is 15.8 Å². The Morgan fingerprint density at radius 3 is 2.75 bits per heavy atom. The van der Waals surface area contributed by atoms with Gasteiger partial charge in [0.05, 0.1) is 16.4 Å². The number of nitrogens with two attached hydrogens (primary N) is 1. The number of carbonyl (C=O) groups is 1. The van der Waals surface area contributed by atoms with Gasteiger partial charge in [-0.2, -0.15) is 0 Å². The number of rotatable bonds is 7. The van der Waals surface area contributed by atoms with E-state index in [1.165, 1.54) is 12.1 Å². The smallest absolute Gasteiger partial charge is 0.237 e. The summed E-state index contributed by atoms with van der Waals surface area (Å²) < 4.78 is 16.5. The molecule has 8 heteroatoms. The molecule has 0 heterocycles. The summed E-state index contributed by atoms with van der Waals surface area (Å²) in [7, 11) is 0.325. The predicted octanol–water partition coefficient (Wildman–Crippen LogP) is 2.30. The highest BCUT2D eigenvalue weighted by Gasteiger charge is 2.13. The minimum absolute atomic E-state index is 0.109. The van der Waals surface area contributed by atoms with Crippen LogP contribution < -0.4 is 11.1 Å². The van der Waals surface area contributed by atoms with Gasteiger partial charge in [-0.3, -0.25) is 9.00 Å². The number of nitrogen functional groups attached to an aromatic ring is 1. The van der Waals surface area contributed by atoms with Crippen LogP contribution >= 0.6 is 23.2 Å². The minimum atomic E-state index is -1.24. The lowest BCUT2D eigenvalue weighted by Gasteiger charge is -2.10. The van der Waals surface area contributed by atoms with Gasteiger partial charge in [0.2, 0.25) is 5.91 Å². The van der Waals surface area contributed by atoms with E-state index in [1.54, 1.807) is 7.11 Å². The van der Waals surface area contributed by atoms with Crippen LogP contribution in [0, 0.1) is 0 Å². The molecule has 0 aliphatic carbocycles. The summed E-state index contributed by atoms with van der Waals surface area (Å²) in [6.45, 7) is 0.517. The van der Waals surface area contributed by atoms with Crippen LogP contribution in [-0.4, -0.2) is 35.3 Å². The molecule has 3 N–H and O–H groups in total. The summed E-state index contributed by atoms with van der Waals surface area (Å²) in [6.07, 6.45) is 0.639. The number of hydrogen-bond donors (Lipinski definition) is 2. The SMILES string of the molecule is COCCCS(=O)CC(=O)Nc1c(N)cc(Cl)cc1Cl. The Morgan fingerprint density at radius 1 is 1.45 bits per heavy atom. The van der Waals surface area contributed by atoms with Crippen LogP contribution in [-0.2, 0) is 20.3 Å². The average molecular weight is 339 g/mol. The summed E-state index contributed by atoms with van der Waals surface area (Å²) >= 11 is 11.7. The van der Waals surface area contributed by atoms with Crippen molar-refractivity contribution in [3.8, 4) is 0 Å². The molecular formula is C12H16Cl2N2O3S. The van der Waals surface area contributed by atoms with Gasteiger partial charge in [-0.15, -0.1) is 0 Å². The van der Waals surface area contributed by atoms with E-state index in [1.807, 2.05) is 0 Å². The molecule has 20 heavy (non-hydrogen) atoms. The molecule has 0 fully saturated rings. The second-order valence-corrected chi connectivity index (χ2v) is 6.45. The fourth-order valence-electron chi connectivity index (χ4n) is 1.48. The van der Waals surface area contributed by atoms with Gasteiger partial charge in [-0.25, -0.2) is 0 Å². The maximum absolute atomic E-state index is 11.8. The molecule has 1 aromatic carbocycles. The minimum Gasteiger partial charge on any atom is -0.397 e. The molecule has 0 aliphatic heterocycles. The Balaban J connectivity index is 2.57. The molecule has 1 aromatic rings. The second-order valence-electron chi connectivity index (χ2n) is 4.03. The van der Waals surface area contributed by atoms with E-state index in [0.717, 1.165) is 0 Å². The Bertz CT molecular complexity index is 488. The molecule has 1 unspecified atom stereocenters. The number of amides is 1. The van der Waals surface area contributed by atoms with Crippen molar-refractivity contribution in [1.82, 2.24) is 0 Å². The van der Waals surface area contributed by atoms with E-state index in [9.17, 15) is 9.00 Å². The van der Waals surface area contributed by atoms with Crippen molar-refractivity contribution in [3.63, 3.8) is 0 Å². The topological polar surface area (TPSA) is 81.4 Å². The molecule has 112 valence electrons. The van der Waals surface area contributed by atoms with Crippen LogP contribution in [0.25, 0.3) is 0 Å². The average Bonchev–Trinajstić information content (AvgIpc) is 2.34. The van der Waals surface area contributed by atoms with Crippen LogP contribution in [0.15, 0.2) is 12.1 Å². The normalized spacial score (nSPS) is 12.2. The Labute approximate surface area is 130 Å². The Hall–Kier alpha value is -0.820. The first-order valence-electron chi connectivity index (χ1n) is 5.82. The van der Waals surface area contributed by atoms with Crippen molar-refractivity contribution in [2.75, 3.05) is 36.3 Å². The van der Waals surface area contributed by atoms with Gasteiger partial charge >= 0.3 is 0 Å². The highest BCUT2D eigenvalue weighted by molar-refractivity contribution is 7.85. The standard InChI is InChI=1S/C12H16Cl2N2O3S/c1-19-3-2-4-20(18)7-11(17)16-12-9(14)5-8(13)6-10(12)15/h5-6H,2-4,7,15H2,1H3,(H,16,17). The van der Waals surface area contributed by atoms with Crippen molar-refractivity contribution in [2.45, 2.75) is 6.42 Å². The summed E-state index contributed by atoms with van der Waals surface area (Å²) in [4.78, 5) is 11.8. The summed E-state index contributed by atoms with van der Waals surface area (Å²) in [5.74, 6) is -0.107. The van der Waals surface area contributed by atoms with E-state index >= 15 is 0 Å². The number of carbonyl (C=O) groups excluding carboxylic acids is 1. The molecule has 1 atom stereocenters. The van der Waals surface area contributed by atoms with Gasteiger partial charge in [0.25, 0.3) is 0 Å². The van der Waals surface area contributed by atoms with Crippen LogP contribution in [0.3, 0.4) is 0 Å². The van der Waals surface area contributed by atoms with Crippen molar-refractivity contribution >= 4 is 51.3 Å². The number of halogens is 2. The molecule has 0 saturated heterocycles. The number of hydrogen-bond acceptors (Lipinski definition) is 4.